The Balaban J connectivity index is 1.61. The van der Waals surface area contributed by atoms with Gasteiger partial charge in [-0.3, -0.25) is 14.9 Å². The summed E-state index contributed by atoms with van der Waals surface area (Å²) in [5.74, 6) is 1.47. The van der Waals surface area contributed by atoms with Gasteiger partial charge in [0, 0.05) is 17.7 Å². The Labute approximate surface area is 177 Å². The molecule has 0 aliphatic carbocycles. The number of H-pyrrole nitrogens is 1. The smallest absolute Gasteiger partial charge is 0.269 e. The molecule has 0 amide bonds. The fourth-order valence-corrected chi connectivity index (χ4v) is 3.14. The molecule has 0 saturated carbocycles. The molecule has 8 heteroatoms. The zero-order valence-electron chi connectivity index (χ0n) is 16.7. The number of aromatic nitrogens is 2. The molecule has 4 aromatic rings. The van der Waals surface area contributed by atoms with Gasteiger partial charge >= 0.3 is 0 Å². The lowest BCUT2D eigenvalue weighted by molar-refractivity contribution is -0.384. The van der Waals surface area contributed by atoms with Gasteiger partial charge in [0.05, 0.1) is 22.4 Å². The predicted octanol–water partition coefficient (Wildman–Crippen LogP) is 4.48. The lowest BCUT2D eigenvalue weighted by Gasteiger charge is -2.13. The number of para-hydroxylation sites is 1. The summed E-state index contributed by atoms with van der Waals surface area (Å²) in [7, 11) is 0. The van der Waals surface area contributed by atoms with E-state index in [1.54, 1.807) is 48.5 Å². The summed E-state index contributed by atoms with van der Waals surface area (Å²) >= 11 is 0. The van der Waals surface area contributed by atoms with Gasteiger partial charge in [0.25, 0.3) is 11.2 Å². The van der Waals surface area contributed by atoms with E-state index in [1.165, 1.54) is 12.1 Å². The fourth-order valence-electron chi connectivity index (χ4n) is 3.14. The van der Waals surface area contributed by atoms with Crippen LogP contribution in [0.25, 0.3) is 22.3 Å². The van der Waals surface area contributed by atoms with Crippen molar-refractivity contribution in [2.24, 2.45) is 0 Å². The largest absolute Gasteiger partial charge is 0.490 e. The van der Waals surface area contributed by atoms with Crippen molar-refractivity contribution in [1.82, 2.24) is 9.97 Å². The first-order valence-electron chi connectivity index (χ1n) is 9.67. The molecule has 0 unspecified atom stereocenters. The second-order valence-electron chi connectivity index (χ2n) is 6.74. The van der Waals surface area contributed by atoms with E-state index in [2.05, 4.69) is 9.97 Å². The molecule has 1 aromatic heterocycles. The topological polar surface area (TPSA) is 107 Å². The quantitative estimate of drug-likeness (QED) is 0.351. The molecular formula is C23H19N3O5. The van der Waals surface area contributed by atoms with Crippen LogP contribution < -0.4 is 15.0 Å². The van der Waals surface area contributed by atoms with Crippen LogP contribution in [0.5, 0.6) is 11.5 Å². The maximum Gasteiger partial charge on any atom is 0.269 e. The van der Waals surface area contributed by atoms with Crippen LogP contribution in [0.2, 0.25) is 0 Å². The van der Waals surface area contributed by atoms with E-state index >= 15 is 0 Å². The van der Waals surface area contributed by atoms with Crippen molar-refractivity contribution in [2.45, 2.75) is 13.5 Å². The Morgan fingerprint density at radius 3 is 2.52 bits per heavy atom. The summed E-state index contributed by atoms with van der Waals surface area (Å²) in [6.45, 7) is 2.52. The minimum atomic E-state index is -0.443. The highest BCUT2D eigenvalue weighted by Gasteiger charge is 2.12. The normalized spacial score (nSPS) is 10.7. The molecule has 1 N–H and O–H groups in total. The second-order valence-corrected chi connectivity index (χ2v) is 6.74. The number of hydrogen-bond acceptors (Lipinski definition) is 6. The number of nitrogens with zero attached hydrogens (tertiary/aromatic N) is 2. The zero-order valence-corrected chi connectivity index (χ0v) is 16.7. The standard InChI is InChI=1S/C23H19N3O5/c1-2-30-21-13-16(22-24-19-6-4-3-5-18(19)23(27)25-22)9-12-20(21)31-14-15-7-10-17(11-8-15)26(28)29/h3-13H,2,14H2,1H3,(H,24,25,27). The van der Waals surface area contributed by atoms with Crippen LogP contribution in [0, 0.1) is 10.1 Å². The van der Waals surface area contributed by atoms with Crippen LogP contribution in [0.3, 0.4) is 0 Å². The van der Waals surface area contributed by atoms with Crippen molar-refractivity contribution in [3.8, 4) is 22.9 Å². The molecule has 0 saturated heterocycles. The molecule has 1 heterocycles. The van der Waals surface area contributed by atoms with Crippen molar-refractivity contribution in [2.75, 3.05) is 6.61 Å². The van der Waals surface area contributed by atoms with E-state index in [4.69, 9.17) is 9.47 Å². The highest BCUT2D eigenvalue weighted by Crippen LogP contribution is 2.32. The zero-order chi connectivity index (χ0) is 21.8. The first kappa shape index (κ1) is 20.1. The molecule has 0 fully saturated rings. The molecule has 4 rings (SSSR count). The van der Waals surface area contributed by atoms with Crippen LogP contribution in [-0.2, 0) is 6.61 Å². The van der Waals surface area contributed by atoms with Gasteiger partial charge in [-0.25, -0.2) is 4.98 Å². The number of nitro groups is 1. The monoisotopic (exact) mass is 417 g/mol. The number of fused-ring (bicyclic) bond motifs is 1. The lowest BCUT2D eigenvalue weighted by Crippen LogP contribution is -2.09. The van der Waals surface area contributed by atoms with Gasteiger partial charge in [-0.1, -0.05) is 12.1 Å². The molecule has 8 nitrogen and oxygen atoms in total. The third-order valence-electron chi connectivity index (χ3n) is 4.67. The van der Waals surface area contributed by atoms with Gasteiger partial charge in [0.1, 0.15) is 12.4 Å². The third-order valence-corrected chi connectivity index (χ3v) is 4.67. The molecule has 0 atom stereocenters. The number of rotatable bonds is 7. The Hall–Kier alpha value is -4.20. The predicted molar refractivity (Wildman–Crippen MR) is 116 cm³/mol. The second kappa shape index (κ2) is 8.66. The summed E-state index contributed by atoms with van der Waals surface area (Å²) in [5, 5.41) is 11.3. The Morgan fingerprint density at radius 1 is 1.00 bits per heavy atom. The number of nitrogens with one attached hydrogen (secondary N) is 1. The number of non-ortho nitro benzene ring substituents is 1. The van der Waals surface area contributed by atoms with E-state index in [1.807, 2.05) is 13.0 Å². The van der Waals surface area contributed by atoms with Gasteiger partial charge in [0.15, 0.2) is 11.5 Å². The summed E-state index contributed by atoms with van der Waals surface area (Å²) in [6.07, 6.45) is 0. The van der Waals surface area contributed by atoms with Crippen LogP contribution in [0.4, 0.5) is 5.69 Å². The lowest BCUT2D eigenvalue weighted by atomic mass is 10.1. The van der Waals surface area contributed by atoms with Gasteiger partial charge in [-0.15, -0.1) is 0 Å². The van der Waals surface area contributed by atoms with Crippen molar-refractivity contribution in [1.29, 1.82) is 0 Å². The highest BCUT2D eigenvalue weighted by molar-refractivity contribution is 5.79. The minimum Gasteiger partial charge on any atom is -0.490 e. The Bertz CT molecular complexity index is 1300. The van der Waals surface area contributed by atoms with Gasteiger partial charge in [0.2, 0.25) is 0 Å². The first-order chi connectivity index (χ1) is 15.0. The van der Waals surface area contributed by atoms with Crippen LogP contribution in [0.1, 0.15) is 12.5 Å². The number of ether oxygens (including phenoxy) is 2. The van der Waals surface area contributed by atoms with Gasteiger partial charge < -0.3 is 14.5 Å². The van der Waals surface area contributed by atoms with E-state index in [0.717, 1.165) is 5.56 Å². The van der Waals surface area contributed by atoms with Crippen molar-refractivity contribution >= 4 is 16.6 Å². The number of aromatic amines is 1. The molecule has 3 aromatic carbocycles. The fraction of sp³-hybridized carbons (Fsp3) is 0.130. The summed E-state index contributed by atoms with van der Waals surface area (Å²) in [6, 6.07) is 18.6. The van der Waals surface area contributed by atoms with E-state index in [9.17, 15) is 14.9 Å². The highest BCUT2D eigenvalue weighted by atomic mass is 16.6. The molecule has 0 radical (unpaired) electrons. The van der Waals surface area contributed by atoms with E-state index in [-0.39, 0.29) is 17.9 Å². The van der Waals surface area contributed by atoms with Crippen LogP contribution in [-0.4, -0.2) is 21.5 Å². The molecule has 31 heavy (non-hydrogen) atoms. The van der Waals surface area contributed by atoms with Crippen molar-refractivity contribution in [3.63, 3.8) is 0 Å². The van der Waals surface area contributed by atoms with Crippen LogP contribution in [0.15, 0.2) is 71.5 Å². The summed E-state index contributed by atoms with van der Waals surface area (Å²) in [5.41, 5.74) is 1.90. The third kappa shape index (κ3) is 4.37. The van der Waals surface area contributed by atoms with E-state index < -0.39 is 4.92 Å². The maximum absolute atomic E-state index is 12.4. The van der Waals surface area contributed by atoms with Gasteiger partial charge in [-0.05, 0) is 55.0 Å². The SMILES string of the molecule is CCOc1cc(-c2nc3ccccc3c(=O)[nH]2)ccc1OCc1ccc([N+](=O)[O-])cc1. The Morgan fingerprint density at radius 2 is 1.77 bits per heavy atom. The summed E-state index contributed by atoms with van der Waals surface area (Å²) in [4.78, 5) is 30.1. The van der Waals surface area contributed by atoms with Crippen LogP contribution >= 0.6 is 0 Å². The molecule has 0 aliphatic heterocycles. The Kier molecular flexibility index (Phi) is 5.61. The van der Waals surface area contributed by atoms with Gasteiger partial charge in [-0.2, -0.15) is 0 Å². The van der Waals surface area contributed by atoms with Crippen molar-refractivity contribution < 1.29 is 14.4 Å². The minimum absolute atomic E-state index is 0.0278. The number of hydrogen-bond donors (Lipinski definition) is 1. The molecule has 0 bridgehead atoms. The number of nitro benzene ring substituents is 1. The average molecular weight is 417 g/mol. The summed E-state index contributed by atoms with van der Waals surface area (Å²) < 4.78 is 11.6. The van der Waals surface area contributed by atoms with E-state index in [0.29, 0.717) is 40.4 Å². The maximum atomic E-state index is 12.4. The molecule has 156 valence electrons. The first-order valence-corrected chi connectivity index (χ1v) is 9.67. The molecule has 0 aliphatic rings. The average Bonchev–Trinajstić information content (AvgIpc) is 2.78. The number of benzene rings is 3. The molecule has 0 spiro atoms. The van der Waals surface area contributed by atoms with Crippen molar-refractivity contribution in [3.05, 3.63) is 92.8 Å². The molecular weight excluding hydrogens is 398 g/mol.